The summed E-state index contributed by atoms with van der Waals surface area (Å²) in [5, 5.41) is 28.2. The molecule has 2 N–H and O–H groups in total. The number of nitrogens with zero attached hydrogens (tertiary/aromatic N) is 3. The van der Waals surface area contributed by atoms with Gasteiger partial charge in [0, 0.05) is 6.54 Å². The normalized spacial score (nSPS) is 12.6. The van der Waals surface area contributed by atoms with Crippen LogP contribution in [-0.4, -0.2) is 51.0 Å². The molecule has 1 unspecified atom stereocenters. The summed E-state index contributed by atoms with van der Waals surface area (Å²) in [5.41, 5.74) is 0.901. The van der Waals surface area contributed by atoms with Crippen molar-refractivity contribution in [1.29, 1.82) is 0 Å². The Morgan fingerprint density at radius 2 is 2.19 bits per heavy atom. The van der Waals surface area contributed by atoms with Crippen LogP contribution in [0.25, 0.3) is 0 Å². The monoisotopic (exact) mass is 316 g/mol. The Hall–Kier alpha value is -1.12. The number of unbranched alkanes of at least 4 members (excludes halogenated alkanes) is 1. The second-order valence-corrected chi connectivity index (χ2v) is 6.00. The zero-order valence-electron chi connectivity index (χ0n) is 12.8. The highest BCUT2D eigenvalue weighted by molar-refractivity contribution is 7.98. The number of aromatic nitrogens is 2. The third-order valence-corrected chi connectivity index (χ3v) is 3.94. The smallest absolute Gasteiger partial charge is 0.312 e. The standard InChI is InChI=1S/C13H24N4O3S/c1-10-13(17(19)20)11(2)16(15-10)9-12(18)8-14-6-4-5-7-21-3/h12,14,18H,4-9H2,1-3H3. The molecule has 21 heavy (non-hydrogen) atoms. The van der Waals surface area contributed by atoms with Crippen molar-refractivity contribution in [3.8, 4) is 0 Å². The van der Waals surface area contributed by atoms with E-state index in [1.54, 1.807) is 13.8 Å². The summed E-state index contributed by atoms with van der Waals surface area (Å²) in [5.74, 6) is 1.15. The molecular weight excluding hydrogens is 292 g/mol. The Kier molecular flexibility index (Phi) is 7.69. The summed E-state index contributed by atoms with van der Waals surface area (Å²) < 4.78 is 1.51. The molecule has 0 bridgehead atoms. The van der Waals surface area contributed by atoms with Crippen LogP contribution in [0.2, 0.25) is 0 Å². The fourth-order valence-corrected chi connectivity index (χ4v) is 2.65. The van der Waals surface area contributed by atoms with Gasteiger partial charge in [0.25, 0.3) is 0 Å². The fourth-order valence-electron chi connectivity index (χ4n) is 2.16. The number of rotatable bonds is 10. The van der Waals surface area contributed by atoms with E-state index in [0.717, 1.165) is 25.1 Å². The molecule has 0 aliphatic heterocycles. The van der Waals surface area contributed by atoms with Crippen molar-refractivity contribution in [2.24, 2.45) is 0 Å². The summed E-state index contributed by atoms with van der Waals surface area (Å²) in [6.07, 6.45) is 3.72. The summed E-state index contributed by atoms with van der Waals surface area (Å²) in [4.78, 5) is 10.5. The van der Waals surface area contributed by atoms with Crippen LogP contribution in [-0.2, 0) is 6.54 Å². The average molecular weight is 316 g/mol. The number of nitrogens with one attached hydrogen (secondary N) is 1. The molecule has 1 atom stereocenters. The molecule has 0 spiro atoms. The fraction of sp³-hybridized carbons (Fsp3) is 0.769. The highest BCUT2D eigenvalue weighted by atomic mass is 32.2. The van der Waals surface area contributed by atoms with E-state index in [4.69, 9.17) is 0 Å². The zero-order chi connectivity index (χ0) is 15.8. The second-order valence-electron chi connectivity index (χ2n) is 5.02. The van der Waals surface area contributed by atoms with Gasteiger partial charge >= 0.3 is 5.69 Å². The van der Waals surface area contributed by atoms with E-state index in [2.05, 4.69) is 16.7 Å². The van der Waals surface area contributed by atoms with Gasteiger partial charge in [-0.2, -0.15) is 16.9 Å². The molecule has 120 valence electrons. The van der Waals surface area contributed by atoms with E-state index < -0.39 is 11.0 Å². The lowest BCUT2D eigenvalue weighted by Crippen LogP contribution is -2.31. The van der Waals surface area contributed by atoms with Gasteiger partial charge in [0.15, 0.2) is 0 Å². The molecule has 1 aromatic heterocycles. The van der Waals surface area contributed by atoms with Crippen LogP contribution in [0, 0.1) is 24.0 Å². The molecular formula is C13H24N4O3S. The van der Waals surface area contributed by atoms with E-state index in [1.165, 1.54) is 4.68 Å². The zero-order valence-corrected chi connectivity index (χ0v) is 13.7. The van der Waals surface area contributed by atoms with Crippen LogP contribution < -0.4 is 5.32 Å². The Morgan fingerprint density at radius 1 is 1.48 bits per heavy atom. The van der Waals surface area contributed by atoms with Crippen LogP contribution in [0.15, 0.2) is 0 Å². The molecule has 0 aromatic carbocycles. The summed E-state index contributed by atoms with van der Waals surface area (Å²) in [7, 11) is 0. The number of aliphatic hydroxyl groups excluding tert-OH is 1. The molecule has 1 rings (SSSR count). The predicted octanol–water partition coefficient (Wildman–Crippen LogP) is 1.50. The first kappa shape index (κ1) is 17.9. The summed E-state index contributed by atoms with van der Waals surface area (Å²) >= 11 is 1.83. The van der Waals surface area contributed by atoms with Crippen LogP contribution in [0.4, 0.5) is 5.69 Å². The van der Waals surface area contributed by atoms with Crippen LogP contribution in [0.1, 0.15) is 24.2 Å². The van der Waals surface area contributed by atoms with Crippen molar-refractivity contribution in [2.45, 2.75) is 39.3 Å². The molecule has 0 saturated heterocycles. The van der Waals surface area contributed by atoms with Gasteiger partial charge in [-0.15, -0.1) is 0 Å². The number of aliphatic hydroxyl groups is 1. The van der Waals surface area contributed by atoms with Gasteiger partial charge in [-0.1, -0.05) is 0 Å². The average Bonchev–Trinajstić information content (AvgIpc) is 2.68. The van der Waals surface area contributed by atoms with Crippen molar-refractivity contribution < 1.29 is 10.0 Å². The van der Waals surface area contributed by atoms with Crippen molar-refractivity contribution in [3.05, 3.63) is 21.5 Å². The Bertz CT molecular complexity index is 465. The van der Waals surface area contributed by atoms with E-state index in [9.17, 15) is 15.2 Å². The quantitative estimate of drug-likeness (QED) is 0.386. The lowest BCUT2D eigenvalue weighted by atomic mass is 10.3. The number of aryl methyl sites for hydroxylation is 1. The maximum absolute atomic E-state index is 10.9. The van der Waals surface area contributed by atoms with Gasteiger partial charge in [-0.05, 0) is 45.2 Å². The molecule has 0 amide bonds. The van der Waals surface area contributed by atoms with Crippen molar-refractivity contribution in [3.63, 3.8) is 0 Å². The van der Waals surface area contributed by atoms with Crippen LogP contribution in [0.5, 0.6) is 0 Å². The topological polar surface area (TPSA) is 93.2 Å². The number of hydrogen-bond donors (Lipinski definition) is 2. The molecule has 8 heteroatoms. The summed E-state index contributed by atoms with van der Waals surface area (Å²) in [6, 6.07) is 0. The third kappa shape index (κ3) is 5.64. The Morgan fingerprint density at radius 3 is 2.76 bits per heavy atom. The minimum absolute atomic E-state index is 0.0345. The van der Waals surface area contributed by atoms with E-state index >= 15 is 0 Å². The van der Waals surface area contributed by atoms with Gasteiger partial charge < -0.3 is 10.4 Å². The van der Waals surface area contributed by atoms with Crippen molar-refractivity contribution in [1.82, 2.24) is 15.1 Å². The van der Waals surface area contributed by atoms with E-state index in [1.807, 2.05) is 11.8 Å². The van der Waals surface area contributed by atoms with E-state index in [0.29, 0.717) is 17.9 Å². The molecule has 7 nitrogen and oxygen atoms in total. The molecule has 0 aliphatic rings. The first-order chi connectivity index (χ1) is 9.97. The number of nitro groups is 1. The SMILES string of the molecule is CSCCCCNCC(O)Cn1nc(C)c([N+](=O)[O-])c1C. The van der Waals surface area contributed by atoms with Gasteiger partial charge in [-0.3, -0.25) is 14.8 Å². The Balaban J connectivity index is 2.40. The largest absolute Gasteiger partial charge is 0.390 e. The highest BCUT2D eigenvalue weighted by Gasteiger charge is 2.22. The predicted molar refractivity (Wildman–Crippen MR) is 84.8 cm³/mol. The molecule has 0 radical (unpaired) electrons. The molecule has 0 aliphatic carbocycles. The van der Waals surface area contributed by atoms with Gasteiger partial charge in [0.05, 0.1) is 17.6 Å². The maximum atomic E-state index is 10.9. The van der Waals surface area contributed by atoms with Crippen molar-refractivity contribution >= 4 is 17.4 Å². The lowest BCUT2D eigenvalue weighted by Gasteiger charge is -2.12. The van der Waals surface area contributed by atoms with Gasteiger partial charge in [0.2, 0.25) is 0 Å². The van der Waals surface area contributed by atoms with Crippen LogP contribution in [0.3, 0.4) is 0 Å². The van der Waals surface area contributed by atoms with Gasteiger partial charge in [-0.25, -0.2) is 0 Å². The first-order valence-corrected chi connectivity index (χ1v) is 8.42. The highest BCUT2D eigenvalue weighted by Crippen LogP contribution is 2.21. The lowest BCUT2D eigenvalue weighted by molar-refractivity contribution is -0.386. The molecule has 1 aromatic rings. The van der Waals surface area contributed by atoms with Gasteiger partial charge in [0.1, 0.15) is 11.4 Å². The first-order valence-electron chi connectivity index (χ1n) is 7.03. The van der Waals surface area contributed by atoms with Crippen molar-refractivity contribution in [2.75, 3.05) is 25.1 Å². The minimum atomic E-state index is -0.608. The maximum Gasteiger partial charge on any atom is 0.312 e. The summed E-state index contributed by atoms with van der Waals surface area (Å²) in [6.45, 7) is 4.86. The van der Waals surface area contributed by atoms with E-state index in [-0.39, 0.29) is 12.2 Å². The molecule has 0 saturated carbocycles. The third-order valence-electron chi connectivity index (χ3n) is 3.24. The number of thioether (sulfide) groups is 1. The second kappa shape index (κ2) is 9.01. The van der Waals surface area contributed by atoms with Crippen LogP contribution >= 0.6 is 11.8 Å². The molecule has 0 fully saturated rings. The molecule has 1 heterocycles. The number of hydrogen-bond acceptors (Lipinski definition) is 6. The Labute approximate surface area is 129 Å². The minimum Gasteiger partial charge on any atom is -0.390 e.